The molecule has 0 saturated heterocycles. The van der Waals surface area contributed by atoms with E-state index in [9.17, 15) is 4.79 Å². The van der Waals surface area contributed by atoms with Gasteiger partial charge in [0, 0.05) is 11.4 Å². The number of carbonyl (C=O) groups excluding carboxylic acids is 1. The molecule has 0 bridgehead atoms. The molecule has 0 radical (unpaired) electrons. The zero-order valence-corrected chi connectivity index (χ0v) is 13.3. The van der Waals surface area contributed by atoms with Crippen molar-refractivity contribution in [2.24, 2.45) is 0 Å². The molecule has 1 atom stereocenters. The van der Waals surface area contributed by atoms with Crippen molar-refractivity contribution in [3.63, 3.8) is 0 Å². The van der Waals surface area contributed by atoms with Crippen molar-refractivity contribution >= 4 is 17.4 Å². The molecule has 3 heteroatoms. The lowest BCUT2D eigenvalue weighted by atomic mass is 10.1. The van der Waals surface area contributed by atoms with Crippen molar-refractivity contribution in [1.82, 2.24) is 0 Å². The largest absolute Gasteiger partial charge is 0.483 e. The molecule has 0 N–H and O–H groups in total. The Balaban J connectivity index is 2.22. The number of halogens is 1. The number of unbranched alkanes of at least 4 members (excludes halogenated alkanes) is 5. The Morgan fingerprint density at radius 1 is 1.20 bits per heavy atom. The summed E-state index contributed by atoms with van der Waals surface area (Å²) in [7, 11) is 0. The molecule has 0 saturated carbocycles. The maximum atomic E-state index is 12.0. The molecule has 20 heavy (non-hydrogen) atoms. The molecule has 0 spiro atoms. The molecular formula is C17H25ClO2. The fraction of sp³-hybridized carbons (Fsp3) is 0.588. The van der Waals surface area contributed by atoms with Crippen molar-refractivity contribution in [3.8, 4) is 5.75 Å². The highest BCUT2D eigenvalue weighted by atomic mass is 35.5. The van der Waals surface area contributed by atoms with Crippen LogP contribution in [0.15, 0.2) is 24.3 Å². The zero-order valence-electron chi connectivity index (χ0n) is 12.5. The molecule has 2 nitrogen and oxygen atoms in total. The van der Waals surface area contributed by atoms with Gasteiger partial charge in [0.15, 0.2) is 11.9 Å². The molecule has 0 aliphatic carbocycles. The summed E-state index contributed by atoms with van der Waals surface area (Å²) in [6.07, 6.45) is 7.36. The Morgan fingerprint density at radius 2 is 1.90 bits per heavy atom. The highest BCUT2D eigenvalue weighted by Crippen LogP contribution is 2.19. The molecule has 0 aromatic heterocycles. The second-order valence-electron chi connectivity index (χ2n) is 5.20. The number of rotatable bonds is 10. The maximum absolute atomic E-state index is 12.0. The van der Waals surface area contributed by atoms with Gasteiger partial charge in [-0.05, 0) is 31.5 Å². The average Bonchev–Trinajstić information content (AvgIpc) is 2.42. The van der Waals surface area contributed by atoms with Gasteiger partial charge in [-0.25, -0.2) is 0 Å². The number of benzene rings is 1. The summed E-state index contributed by atoms with van der Waals surface area (Å²) in [4.78, 5) is 12.0. The minimum absolute atomic E-state index is 0.167. The van der Waals surface area contributed by atoms with E-state index < -0.39 is 6.10 Å². The van der Waals surface area contributed by atoms with Crippen molar-refractivity contribution in [1.29, 1.82) is 0 Å². The van der Waals surface area contributed by atoms with Gasteiger partial charge in [0.2, 0.25) is 0 Å². The first kappa shape index (κ1) is 17.0. The number of hydrogen-bond acceptors (Lipinski definition) is 2. The van der Waals surface area contributed by atoms with Crippen LogP contribution in [0.3, 0.4) is 0 Å². The van der Waals surface area contributed by atoms with Crippen LogP contribution in [-0.4, -0.2) is 11.9 Å². The summed E-state index contributed by atoms with van der Waals surface area (Å²) in [5, 5.41) is 0.623. The minimum atomic E-state index is -0.399. The standard InChI is InChI=1S/C17H25ClO2/c1-3-4-5-6-7-8-12-17(19)14(2)20-16-11-9-10-15(18)13-16/h9-11,13-14H,3-8,12H2,1-2H3. The van der Waals surface area contributed by atoms with E-state index >= 15 is 0 Å². The van der Waals surface area contributed by atoms with Gasteiger partial charge in [-0.2, -0.15) is 0 Å². The van der Waals surface area contributed by atoms with E-state index in [2.05, 4.69) is 6.92 Å². The van der Waals surface area contributed by atoms with Gasteiger partial charge in [0.25, 0.3) is 0 Å². The number of ketones is 1. The summed E-state index contributed by atoms with van der Waals surface area (Å²) in [5.41, 5.74) is 0. The Morgan fingerprint density at radius 3 is 2.60 bits per heavy atom. The predicted molar refractivity (Wildman–Crippen MR) is 84.5 cm³/mol. The molecule has 0 amide bonds. The van der Waals surface area contributed by atoms with E-state index in [1.807, 2.05) is 12.1 Å². The summed E-state index contributed by atoms with van der Waals surface area (Å²) in [6.45, 7) is 4.01. The number of carbonyl (C=O) groups is 1. The fourth-order valence-corrected chi connectivity index (χ4v) is 2.27. The first-order valence-corrected chi connectivity index (χ1v) is 7.96. The summed E-state index contributed by atoms with van der Waals surface area (Å²) < 4.78 is 5.62. The second-order valence-corrected chi connectivity index (χ2v) is 5.64. The summed E-state index contributed by atoms with van der Waals surface area (Å²) in [5.74, 6) is 0.821. The number of hydrogen-bond donors (Lipinski definition) is 0. The first-order chi connectivity index (χ1) is 9.63. The molecule has 0 heterocycles. The van der Waals surface area contributed by atoms with E-state index in [1.165, 1.54) is 25.7 Å². The molecule has 1 aromatic carbocycles. The van der Waals surface area contributed by atoms with Crippen LogP contribution in [0.4, 0.5) is 0 Å². The van der Waals surface area contributed by atoms with Gasteiger partial charge < -0.3 is 4.74 Å². The van der Waals surface area contributed by atoms with E-state index in [0.29, 0.717) is 17.2 Å². The third-order valence-electron chi connectivity index (χ3n) is 3.34. The van der Waals surface area contributed by atoms with Crippen LogP contribution in [0.2, 0.25) is 5.02 Å². The quantitative estimate of drug-likeness (QED) is 0.538. The van der Waals surface area contributed by atoms with Crippen LogP contribution in [0.5, 0.6) is 5.75 Å². The Labute approximate surface area is 127 Å². The van der Waals surface area contributed by atoms with Gasteiger partial charge in [-0.15, -0.1) is 0 Å². The third kappa shape index (κ3) is 6.95. The van der Waals surface area contributed by atoms with Crippen LogP contribution in [0, 0.1) is 0 Å². The maximum Gasteiger partial charge on any atom is 0.172 e. The second kappa shape index (κ2) is 9.82. The van der Waals surface area contributed by atoms with Crippen LogP contribution >= 0.6 is 11.6 Å². The Hall–Kier alpha value is -1.02. The highest BCUT2D eigenvalue weighted by molar-refractivity contribution is 6.30. The summed E-state index contributed by atoms with van der Waals surface area (Å²) in [6, 6.07) is 7.16. The molecule has 112 valence electrons. The van der Waals surface area contributed by atoms with Gasteiger partial charge in [-0.1, -0.05) is 56.7 Å². The molecule has 0 aliphatic rings. The van der Waals surface area contributed by atoms with Crippen molar-refractivity contribution in [3.05, 3.63) is 29.3 Å². The number of Topliss-reactive ketones (excluding diaryl/α,β-unsaturated/α-hetero) is 1. The van der Waals surface area contributed by atoms with Crippen molar-refractivity contribution < 1.29 is 9.53 Å². The Kier molecular flexibility index (Phi) is 8.36. The van der Waals surface area contributed by atoms with Crippen LogP contribution < -0.4 is 4.74 Å². The molecule has 0 fully saturated rings. The third-order valence-corrected chi connectivity index (χ3v) is 3.57. The normalized spacial score (nSPS) is 12.2. The van der Waals surface area contributed by atoms with Gasteiger partial charge in [0.05, 0.1) is 0 Å². The first-order valence-electron chi connectivity index (χ1n) is 7.58. The minimum Gasteiger partial charge on any atom is -0.483 e. The predicted octanol–water partition coefficient (Wildman–Crippen LogP) is 5.43. The number of ether oxygens (including phenoxy) is 1. The van der Waals surface area contributed by atoms with Crippen LogP contribution in [0.25, 0.3) is 0 Å². The van der Waals surface area contributed by atoms with E-state index in [4.69, 9.17) is 16.3 Å². The molecule has 1 unspecified atom stereocenters. The lowest BCUT2D eigenvalue weighted by molar-refractivity contribution is -0.125. The fourth-order valence-electron chi connectivity index (χ4n) is 2.09. The smallest absolute Gasteiger partial charge is 0.172 e. The van der Waals surface area contributed by atoms with Crippen molar-refractivity contribution in [2.75, 3.05) is 0 Å². The van der Waals surface area contributed by atoms with Gasteiger partial charge in [-0.3, -0.25) is 4.79 Å². The lowest BCUT2D eigenvalue weighted by Gasteiger charge is -2.13. The van der Waals surface area contributed by atoms with E-state index in [0.717, 1.165) is 12.8 Å². The molecule has 0 aliphatic heterocycles. The summed E-state index contributed by atoms with van der Waals surface area (Å²) >= 11 is 5.89. The van der Waals surface area contributed by atoms with Gasteiger partial charge >= 0.3 is 0 Å². The molecule has 1 aromatic rings. The van der Waals surface area contributed by atoms with Gasteiger partial charge in [0.1, 0.15) is 5.75 Å². The highest BCUT2D eigenvalue weighted by Gasteiger charge is 2.14. The van der Waals surface area contributed by atoms with E-state index in [-0.39, 0.29) is 5.78 Å². The van der Waals surface area contributed by atoms with Crippen molar-refractivity contribution in [2.45, 2.75) is 64.9 Å². The zero-order chi connectivity index (χ0) is 14.8. The van der Waals surface area contributed by atoms with Crippen LogP contribution in [0.1, 0.15) is 58.8 Å². The molecule has 1 rings (SSSR count). The van der Waals surface area contributed by atoms with Crippen LogP contribution in [-0.2, 0) is 4.79 Å². The SMILES string of the molecule is CCCCCCCCC(=O)C(C)Oc1cccc(Cl)c1. The lowest BCUT2D eigenvalue weighted by Crippen LogP contribution is -2.23. The average molecular weight is 297 g/mol. The Bertz CT molecular complexity index is 404. The monoisotopic (exact) mass is 296 g/mol. The topological polar surface area (TPSA) is 26.3 Å². The molecular weight excluding hydrogens is 272 g/mol. The van der Waals surface area contributed by atoms with E-state index in [1.54, 1.807) is 19.1 Å².